The molecule has 1 rings (SSSR count). The topological polar surface area (TPSA) is 61.4 Å². The Balaban J connectivity index is 2.34. The van der Waals surface area contributed by atoms with Crippen LogP contribution in [0.2, 0.25) is 0 Å². The van der Waals surface area contributed by atoms with E-state index in [1.54, 1.807) is 0 Å². The number of urea groups is 1. The lowest BCUT2D eigenvalue weighted by molar-refractivity contribution is -0.120. The number of hydrogen-bond donors (Lipinski definition) is 2. The molecule has 21 heavy (non-hydrogen) atoms. The van der Waals surface area contributed by atoms with Gasteiger partial charge in [0.05, 0.1) is 6.54 Å². The van der Waals surface area contributed by atoms with Crippen LogP contribution in [0.25, 0.3) is 0 Å². The number of unbranched alkanes of at least 4 members (excludes halogenated alkanes) is 1. The smallest absolute Gasteiger partial charge is 0.321 e. The van der Waals surface area contributed by atoms with Gasteiger partial charge in [-0.1, -0.05) is 37.6 Å². The van der Waals surface area contributed by atoms with Crippen LogP contribution < -0.4 is 10.6 Å². The first-order valence-corrected chi connectivity index (χ1v) is 7.33. The summed E-state index contributed by atoms with van der Waals surface area (Å²) in [4.78, 5) is 25.1. The summed E-state index contributed by atoms with van der Waals surface area (Å²) in [5, 5.41) is 5.00. The average Bonchev–Trinajstić information content (AvgIpc) is 2.41. The molecule has 0 saturated carbocycles. The fourth-order valence-corrected chi connectivity index (χ4v) is 1.97. The highest BCUT2D eigenvalue weighted by atomic mass is 16.2. The Morgan fingerprint density at radius 3 is 2.62 bits per heavy atom. The molecule has 0 aliphatic rings. The lowest BCUT2D eigenvalue weighted by atomic mass is 10.1. The average molecular weight is 291 g/mol. The third-order valence-corrected chi connectivity index (χ3v) is 3.18. The fourth-order valence-electron chi connectivity index (χ4n) is 1.97. The van der Waals surface area contributed by atoms with Crippen molar-refractivity contribution in [3.05, 3.63) is 35.4 Å². The summed E-state index contributed by atoms with van der Waals surface area (Å²) in [6.07, 6.45) is 1.92. The van der Waals surface area contributed by atoms with Gasteiger partial charge in [-0.2, -0.15) is 0 Å². The summed E-state index contributed by atoms with van der Waals surface area (Å²) in [5.41, 5.74) is 2.38. The highest BCUT2D eigenvalue weighted by Crippen LogP contribution is 2.08. The van der Waals surface area contributed by atoms with Crippen molar-refractivity contribution in [3.63, 3.8) is 0 Å². The number of imide groups is 1. The van der Waals surface area contributed by atoms with Crippen LogP contribution in [0.1, 0.15) is 30.9 Å². The van der Waals surface area contributed by atoms with Gasteiger partial charge in [0.15, 0.2) is 0 Å². The fraction of sp³-hybridized carbons (Fsp3) is 0.500. The van der Waals surface area contributed by atoms with Crippen LogP contribution in [0.4, 0.5) is 4.79 Å². The van der Waals surface area contributed by atoms with Crippen LogP contribution in [-0.4, -0.2) is 37.0 Å². The van der Waals surface area contributed by atoms with Gasteiger partial charge in [-0.05, 0) is 31.5 Å². The Kier molecular flexibility index (Phi) is 7.46. The highest BCUT2D eigenvalue weighted by Gasteiger charge is 2.11. The zero-order valence-corrected chi connectivity index (χ0v) is 13.1. The van der Waals surface area contributed by atoms with Crippen LogP contribution in [0.5, 0.6) is 0 Å². The van der Waals surface area contributed by atoms with Crippen molar-refractivity contribution < 1.29 is 9.59 Å². The number of aryl methyl sites for hydroxylation is 1. The summed E-state index contributed by atoms with van der Waals surface area (Å²) in [5.74, 6) is -0.292. The zero-order valence-electron chi connectivity index (χ0n) is 13.1. The van der Waals surface area contributed by atoms with Crippen molar-refractivity contribution >= 4 is 11.9 Å². The molecule has 0 bridgehead atoms. The summed E-state index contributed by atoms with van der Waals surface area (Å²) in [7, 11) is 1.86. The van der Waals surface area contributed by atoms with Gasteiger partial charge in [-0.3, -0.25) is 15.0 Å². The Morgan fingerprint density at radius 2 is 1.95 bits per heavy atom. The standard InChI is InChI=1S/C16H25N3O2/c1-4-5-10-17-16(21)18-15(20)12-19(3)11-14-9-7-6-8-13(14)2/h6-9H,4-5,10-12H2,1-3H3,(H2,17,18,20,21). The van der Waals surface area contributed by atoms with Gasteiger partial charge >= 0.3 is 6.03 Å². The lowest BCUT2D eigenvalue weighted by Gasteiger charge is -2.17. The van der Waals surface area contributed by atoms with Gasteiger partial charge < -0.3 is 5.32 Å². The molecule has 0 radical (unpaired) electrons. The van der Waals surface area contributed by atoms with Crippen LogP contribution in [-0.2, 0) is 11.3 Å². The molecule has 0 saturated heterocycles. The molecule has 0 aliphatic carbocycles. The summed E-state index contributed by atoms with van der Waals surface area (Å²) in [6, 6.07) is 7.65. The van der Waals surface area contributed by atoms with Crippen LogP contribution in [0, 0.1) is 6.92 Å². The van der Waals surface area contributed by atoms with E-state index in [-0.39, 0.29) is 12.5 Å². The van der Waals surface area contributed by atoms with Crippen LogP contribution in [0.3, 0.4) is 0 Å². The molecule has 0 unspecified atom stereocenters. The number of benzene rings is 1. The van der Waals surface area contributed by atoms with E-state index >= 15 is 0 Å². The minimum Gasteiger partial charge on any atom is -0.338 e. The van der Waals surface area contributed by atoms with E-state index in [2.05, 4.69) is 10.6 Å². The van der Waals surface area contributed by atoms with Gasteiger partial charge in [0.25, 0.3) is 0 Å². The largest absolute Gasteiger partial charge is 0.338 e. The predicted molar refractivity (Wildman–Crippen MR) is 84.0 cm³/mol. The zero-order chi connectivity index (χ0) is 15.7. The predicted octanol–water partition coefficient (Wildman–Crippen LogP) is 2.05. The normalized spacial score (nSPS) is 10.5. The third kappa shape index (κ3) is 6.90. The number of hydrogen-bond acceptors (Lipinski definition) is 3. The molecular weight excluding hydrogens is 266 g/mol. The van der Waals surface area contributed by atoms with E-state index in [0.717, 1.165) is 12.8 Å². The van der Waals surface area contributed by atoms with E-state index in [4.69, 9.17) is 0 Å². The molecule has 0 atom stereocenters. The van der Waals surface area contributed by atoms with Crippen LogP contribution in [0.15, 0.2) is 24.3 Å². The Hall–Kier alpha value is -1.88. The quantitative estimate of drug-likeness (QED) is 0.756. The summed E-state index contributed by atoms with van der Waals surface area (Å²) >= 11 is 0. The summed E-state index contributed by atoms with van der Waals surface area (Å²) in [6.45, 7) is 5.55. The number of nitrogens with zero attached hydrogens (tertiary/aromatic N) is 1. The maximum Gasteiger partial charge on any atom is 0.321 e. The molecule has 5 nitrogen and oxygen atoms in total. The maximum atomic E-state index is 11.8. The SMILES string of the molecule is CCCCNC(=O)NC(=O)CN(C)Cc1ccccc1C. The van der Waals surface area contributed by atoms with Crippen molar-refractivity contribution in [2.45, 2.75) is 33.2 Å². The van der Waals surface area contributed by atoms with Crippen LogP contribution >= 0.6 is 0 Å². The minimum absolute atomic E-state index is 0.190. The number of carbonyl (C=O) groups excluding carboxylic acids is 2. The number of amides is 3. The van der Waals surface area contributed by atoms with Crippen molar-refractivity contribution in [2.24, 2.45) is 0 Å². The van der Waals surface area contributed by atoms with Gasteiger partial charge in [0, 0.05) is 13.1 Å². The van der Waals surface area contributed by atoms with Gasteiger partial charge in [-0.25, -0.2) is 4.79 Å². The number of carbonyl (C=O) groups is 2. The Morgan fingerprint density at radius 1 is 1.24 bits per heavy atom. The van der Waals surface area contributed by atoms with Crippen molar-refractivity contribution in [1.29, 1.82) is 0 Å². The second-order valence-electron chi connectivity index (χ2n) is 5.26. The van der Waals surface area contributed by atoms with Gasteiger partial charge in [0.2, 0.25) is 5.91 Å². The van der Waals surface area contributed by atoms with Gasteiger partial charge in [0.1, 0.15) is 0 Å². The van der Waals surface area contributed by atoms with Gasteiger partial charge in [-0.15, -0.1) is 0 Å². The van der Waals surface area contributed by atoms with E-state index in [9.17, 15) is 9.59 Å². The molecule has 0 spiro atoms. The molecule has 1 aromatic rings. The molecule has 1 aromatic carbocycles. The molecular formula is C16H25N3O2. The third-order valence-electron chi connectivity index (χ3n) is 3.18. The number of rotatable bonds is 7. The van der Waals surface area contributed by atoms with E-state index in [1.165, 1.54) is 11.1 Å². The molecule has 0 fully saturated rings. The van der Waals surface area contributed by atoms with E-state index in [0.29, 0.717) is 13.1 Å². The molecule has 0 aromatic heterocycles. The molecule has 0 aliphatic heterocycles. The lowest BCUT2D eigenvalue weighted by Crippen LogP contribution is -2.43. The number of nitrogens with one attached hydrogen (secondary N) is 2. The second-order valence-corrected chi connectivity index (χ2v) is 5.26. The highest BCUT2D eigenvalue weighted by molar-refractivity contribution is 5.95. The minimum atomic E-state index is -0.419. The number of likely N-dealkylation sites (N-methyl/N-ethyl adjacent to an activating group) is 1. The van der Waals surface area contributed by atoms with Crippen molar-refractivity contribution in [3.8, 4) is 0 Å². The van der Waals surface area contributed by atoms with E-state index in [1.807, 2.05) is 50.1 Å². The molecule has 2 N–H and O–H groups in total. The Labute approximate surface area is 126 Å². The molecule has 0 heterocycles. The second kappa shape index (κ2) is 9.13. The maximum absolute atomic E-state index is 11.8. The Bertz CT molecular complexity index is 474. The first-order valence-electron chi connectivity index (χ1n) is 7.33. The monoisotopic (exact) mass is 291 g/mol. The van der Waals surface area contributed by atoms with E-state index < -0.39 is 6.03 Å². The first kappa shape index (κ1) is 17.2. The molecule has 3 amide bonds. The van der Waals surface area contributed by atoms with Crippen molar-refractivity contribution in [1.82, 2.24) is 15.5 Å². The first-order chi connectivity index (χ1) is 10.0. The molecule has 116 valence electrons. The molecule has 5 heteroatoms. The van der Waals surface area contributed by atoms with Crippen molar-refractivity contribution in [2.75, 3.05) is 20.1 Å². The summed E-state index contributed by atoms with van der Waals surface area (Å²) < 4.78 is 0.